The third kappa shape index (κ3) is 2.17. The lowest BCUT2D eigenvalue weighted by atomic mass is 10.2. The van der Waals surface area contributed by atoms with E-state index in [9.17, 15) is 4.79 Å². The van der Waals surface area contributed by atoms with Crippen molar-refractivity contribution in [2.24, 2.45) is 0 Å². The molecule has 2 heterocycles. The summed E-state index contributed by atoms with van der Waals surface area (Å²) >= 11 is 5.13. The molecule has 0 fully saturated rings. The van der Waals surface area contributed by atoms with Crippen LogP contribution in [0, 0.1) is 4.64 Å². The summed E-state index contributed by atoms with van der Waals surface area (Å²) < 4.78 is 2.03. The molecule has 0 saturated carbocycles. The van der Waals surface area contributed by atoms with Crippen molar-refractivity contribution in [2.45, 2.75) is 39.7 Å². The van der Waals surface area contributed by atoms with Gasteiger partial charge in [0, 0.05) is 13.0 Å². The molecule has 0 atom stereocenters. The second-order valence-corrected chi connectivity index (χ2v) is 4.40. The molecule has 0 bridgehead atoms. The van der Waals surface area contributed by atoms with Crippen LogP contribution in [0.1, 0.15) is 32.5 Å². The fourth-order valence-electron chi connectivity index (χ4n) is 1.84. The second kappa shape index (κ2) is 4.83. The molecule has 0 radical (unpaired) electrons. The number of imidazole rings is 1. The van der Waals surface area contributed by atoms with Crippen LogP contribution in [0.15, 0.2) is 4.79 Å². The highest BCUT2D eigenvalue weighted by molar-refractivity contribution is 7.71. The maximum Gasteiger partial charge on any atom is 0.328 e. The Bertz CT molecular complexity index is 637. The third-order valence-electron chi connectivity index (χ3n) is 2.77. The number of hydrogen-bond donors (Lipinski definition) is 2. The number of aromatic amines is 2. The van der Waals surface area contributed by atoms with Crippen LogP contribution in [0.25, 0.3) is 11.2 Å². The topological polar surface area (TPSA) is 66.5 Å². The number of H-pyrrole nitrogens is 2. The first-order chi connectivity index (χ1) is 8.17. The van der Waals surface area contributed by atoms with Crippen molar-refractivity contribution in [3.63, 3.8) is 0 Å². The predicted molar refractivity (Wildman–Crippen MR) is 69.8 cm³/mol. The minimum Gasteiger partial charge on any atom is -0.338 e. The molecule has 0 aliphatic carbocycles. The number of unbranched alkanes of at least 4 members (excludes halogenated alkanes) is 1. The van der Waals surface area contributed by atoms with Crippen LogP contribution in [-0.4, -0.2) is 19.5 Å². The Morgan fingerprint density at radius 1 is 1.35 bits per heavy atom. The first kappa shape index (κ1) is 12.0. The summed E-state index contributed by atoms with van der Waals surface area (Å²) in [6.07, 6.45) is 3.08. The molecule has 5 nitrogen and oxygen atoms in total. The summed E-state index contributed by atoms with van der Waals surface area (Å²) in [5.74, 6) is 0.897. The van der Waals surface area contributed by atoms with Crippen LogP contribution in [0.4, 0.5) is 0 Å². The van der Waals surface area contributed by atoms with E-state index in [4.69, 9.17) is 12.2 Å². The summed E-state index contributed by atoms with van der Waals surface area (Å²) in [5, 5.41) is 0. The molecule has 2 aromatic rings. The molecular formula is C11H16N4OS. The molecular weight excluding hydrogens is 236 g/mol. The van der Waals surface area contributed by atoms with Gasteiger partial charge in [-0.25, -0.2) is 9.78 Å². The van der Waals surface area contributed by atoms with E-state index in [0.717, 1.165) is 30.6 Å². The van der Waals surface area contributed by atoms with Gasteiger partial charge in [0.05, 0.1) is 0 Å². The molecule has 2 N–H and O–H groups in total. The first-order valence-electron chi connectivity index (χ1n) is 5.89. The fourth-order valence-corrected chi connectivity index (χ4v) is 2.07. The van der Waals surface area contributed by atoms with Crippen molar-refractivity contribution < 1.29 is 0 Å². The SMILES string of the molecule is CCCCc1nc2c([nH]1)c(=S)[nH]c(=O)n2CC. The minimum absolute atomic E-state index is 0.196. The molecule has 0 saturated heterocycles. The summed E-state index contributed by atoms with van der Waals surface area (Å²) in [7, 11) is 0. The van der Waals surface area contributed by atoms with E-state index in [1.54, 1.807) is 4.57 Å². The van der Waals surface area contributed by atoms with Crippen molar-refractivity contribution in [3.05, 3.63) is 20.9 Å². The van der Waals surface area contributed by atoms with Gasteiger partial charge in [0.2, 0.25) is 0 Å². The first-order valence-corrected chi connectivity index (χ1v) is 6.29. The predicted octanol–water partition coefficient (Wildman–Crippen LogP) is 2.14. The normalized spacial score (nSPS) is 11.2. The minimum atomic E-state index is -0.196. The molecule has 6 heteroatoms. The van der Waals surface area contributed by atoms with Gasteiger partial charge in [-0.3, -0.25) is 9.55 Å². The maximum atomic E-state index is 11.7. The third-order valence-corrected chi connectivity index (χ3v) is 3.07. The van der Waals surface area contributed by atoms with Gasteiger partial charge < -0.3 is 4.98 Å². The lowest BCUT2D eigenvalue weighted by molar-refractivity contribution is 0.718. The van der Waals surface area contributed by atoms with Gasteiger partial charge in [0.1, 0.15) is 16.0 Å². The van der Waals surface area contributed by atoms with Crippen molar-refractivity contribution in [1.82, 2.24) is 19.5 Å². The molecule has 17 heavy (non-hydrogen) atoms. The highest BCUT2D eigenvalue weighted by atomic mass is 32.1. The Labute approximate surface area is 104 Å². The van der Waals surface area contributed by atoms with E-state index in [0.29, 0.717) is 16.8 Å². The zero-order valence-corrected chi connectivity index (χ0v) is 10.9. The van der Waals surface area contributed by atoms with E-state index < -0.39 is 0 Å². The van der Waals surface area contributed by atoms with Crippen molar-refractivity contribution in [3.8, 4) is 0 Å². The number of nitrogens with one attached hydrogen (secondary N) is 2. The van der Waals surface area contributed by atoms with Gasteiger partial charge in [0.25, 0.3) is 0 Å². The molecule has 0 spiro atoms. The molecule has 0 aliphatic rings. The van der Waals surface area contributed by atoms with Crippen LogP contribution in [-0.2, 0) is 13.0 Å². The average molecular weight is 252 g/mol. The van der Waals surface area contributed by atoms with E-state index in [-0.39, 0.29) is 5.69 Å². The molecule has 0 unspecified atom stereocenters. The zero-order chi connectivity index (χ0) is 12.4. The molecule has 0 aromatic carbocycles. The average Bonchev–Trinajstić information content (AvgIpc) is 2.71. The number of fused-ring (bicyclic) bond motifs is 1. The Morgan fingerprint density at radius 3 is 2.76 bits per heavy atom. The van der Waals surface area contributed by atoms with Crippen molar-refractivity contribution in [2.75, 3.05) is 0 Å². The Hall–Kier alpha value is -1.43. The van der Waals surface area contributed by atoms with E-state index in [1.807, 2.05) is 6.92 Å². The largest absolute Gasteiger partial charge is 0.338 e. The highest BCUT2D eigenvalue weighted by Crippen LogP contribution is 2.11. The van der Waals surface area contributed by atoms with Gasteiger partial charge in [-0.15, -0.1) is 0 Å². The lowest BCUT2D eigenvalue weighted by Gasteiger charge is -2.00. The molecule has 2 aromatic heterocycles. The van der Waals surface area contributed by atoms with E-state index >= 15 is 0 Å². The smallest absolute Gasteiger partial charge is 0.328 e. The Kier molecular flexibility index (Phi) is 3.42. The quantitative estimate of drug-likeness (QED) is 0.819. The summed E-state index contributed by atoms with van der Waals surface area (Å²) in [5.41, 5.74) is 1.22. The molecule has 92 valence electrons. The van der Waals surface area contributed by atoms with E-state index in [1.165, 1.54) is 0 Å². The van der Waals surface area contributed by atoms with Crippen LogP contribution in [0.5, 0.6) is 0 Å². The monoisotopic (exact) mass is 252 g/mol. The Morgan fingerprint density at radius 2 is 2.12 bits per heavy atom. The second-order valence-electron chi connectivity index (χ2n) is 3.99. The lowest BCUT2D eigenvalue weighted by Crippen LogP contribution is -2.22. The number of aryl methyl sites for hydroxylation is 2. The number of rotatable bonds is 4. The maximum absolute atomic E-state index is 11.7. The zero-order valence-electron chi connectivity index (χ0n) is 10.0. The molecule has 0 amide bonds. The van der Waals surface area contributed by atoms with Gasteiger partial charge in [-0.2, -0.15) is 0 Å². The highest BCUT2D eigenvalue weighted by Gasteiger charge is 2.09. The van der Waals surface area contributed by atoms with Crippen molar-refractivity contribution >= 4 is 23.4 Å². The summed E-state index contributed by atoms with van der Waals surface area (Å²) in [6, 6.07) is 0. The van der Waals surface area contributed by atoms with Crippen molar-refractivity contribution in [1.29, 1.82) is 0 Å². The van der Waals surface area contributed by atoms with Crippen LogP contribution in [0.2, 0.25) is 0 Å². The fraction of sp³-hybridized carbons (Fsp3) is 0.545. The summed E-state index contributed by atoms with van der Waals surface area (Å²) in [4.78, 5) is 22.0. The Balaban J connectivity index is 2.62. The number of nitrogens with zero attached hydrogens (tertiary/aromatic N) is 2. The molecule has 0 aliphatic heterocycles. The van der Waals surface area contributed by atoms with E-state index in [2.05, 4.69) is 21.9 Å². The van der Waals surface area contributed by atoms with Crippen LogP contribution in [0.3, 0.4) is 0 Å². The standard InChI is InChI=1S/C11H16N4OS/c1-3-5-6-7-12-8-9(13-7)15(4-2)11(16)14-10(8)17/h3-6H2,1-2H3,(H,12,13)(H,14,16,17). The van der Waals surface area contributed by atoms with Crippen LogP contribution >= 0.6 is 12.2 Å². The molecule has 2 rings (SSSR count). The van der Waals surface area contributed by atoms with Crippen LogP contribution < -0.4 is 5.69 Å². The number of hydrogen-bond acceptors (Lipinski definition) is 3. The summed E-state index contributed by atoms with van der Waals surface area (Å²) in [6.45, 7) is 4.63. The van der Waals surface area contributed by atoms with Gasteiger partial charge in [-0.05, 0) is 13.3 Å². The van der Waals surface area contributed by atoms with Gasteiger partial charge in [-0.1, -0.05) is 25.6 Å². The van der Waals surface area contributed by atoms with Gasteiger partial charge in [0.15, 0.2) is 5.65 Å². The van der Waals surface area contributed by atoms with Gasteiger partial charge >= 0.3 is 5.69 Å². The number of aromatic nitrogens is 4.